The van der Waals surface area contributed by atoms with Crippen molar-refractivity contribution in [3.05, 3.63) is 59.7 Å². The van der Waals surface area contributed by atoms with Gasteiger partial charge in [0, 0.05) is 6.61 Å². The van der Waals surface area contributed by atoms with E-state index in [0.29, 0.717) is 5.04 Å². The zero-order valence-electron chi connectivity index (χ0n) is 16.2. The molecule has 0 N–H and O–H groups in total. The van der Waals surface area contributed by atoms with E-state index < -0.39 is 8.32 Å². The van der Waals surface area contributed by atoms with E-state index in [2.05, 4.69) is 101 Å². The van der Waals surface area contributed by atoms with Crippen LogP contribution in [0.25, 0.3) is 0 Å². The van der Waals surface area contributed by atoms with E-state index in [1.54, 1.807) is 0 Å². The maximum Gasteiger partial charge on any atom is 2.00 e. The minimum absolute atomic E-state index is 0. The van der Waals surface area contributed by atoms with E-state index in [-0.39, 0.29) is 17.1 Å². The molecule has 0 atom stereocenters. The van der Waals surface area contributed by atoms with Crippen LogP contribution in [0.15, 0.2) is 48.5 Å². The summed E-state index contributed by atoms with van der Waals surface area (Å²) in [4.78, 5) is 2.16. The van der Waals surface area contributed by atoms with Gasteiger partial charge in [-0.1, -0.05) is 20.8 Å². The molecule has 136 valence electrons. The Morgan fingerprint density at radius 2 is 1.79 bits per heavy atom. The van der Waals surface area contributed by atoms with Gasteiger partial charge >= 0.3 is 17.1 Å². The average molecular weight is 387 g/mol. The van der Waals surface area contributed by atoms with Crippen molar-refractivity contribution in [2.75, 3.05) is 14.1 Å². The van der Waals surface area contributed by atoms with E-state index in [1.165, 1.54) is 11.1 Å². The fraction of sp³-hybridized carbons (Fsp3) is 0.500. The molecule has 2 aromatic rings. The van der Waals surface area contributed by atoms with Gasteiger partial charge in [-0.15, -0.1) is 5.56 Å². The van der Waals surface area contributed by atoms with Gasteiger partial charge in [0.05, 0.1) is 0 Å². The Morgan fingerprint density at radius 1 is 1.12 bits per heavy atom. The predicted octanol–water partition coefficient (Wildman–Crippen LogP) is 5.39. The van der Waals surface area contributed by atoms with E-state index >= 15 is 0 Å². The third kappa shape index (κ3) is 8.45. The fourth-order valence-corrected chi connectivity index (χ4v) is 2.84. The van der Waals surface area contributed by atoms with Crippen LogP contribution in [-0.4, -0.2) is 27.3 Å². The van der Waals surface area contributed by atoms with Gasteiger partial charge in [0.25, 0.3) is 0 Å². The number of nitrogens with zero attached hydrogens (tertiary/aromatic N) is 1. The van der Waals surface area contributed by atoms with Gasteiger partial charge in [-0.3, -0.25) is 0 Å². The molecule has 2 rings (SSSR count). The summed E-state index contributed by atoms with van der Waals surface area (Å²) < 4.78 is 6.08. The van der Waals surface area contributed by atoms with Crippen LogP contribution < -0.4 is 0 Å². The summed E-state index contributed by atoms with van der Waals surface area (Å²) in [6, 6.07) is 16.8. The van der Waals surface area contributed by atoms with Gasteiger partial charge in [0.15, 0.2) is 8.32 Å². The van der Waals surface area contributed by atoms with E-state index in [1.807, 2.05) is 0 Å². The van der Waals surface area contributed by atoms with Crippen molar-refractivity contribution in [1.82, 2.24) is 4.90 Å². The van der Waals surface area contributed by atoms with Crippen LogP contribution in [0.3, 0.4) is 0 Å². The van der Waals surface area contributed by atoms with Crippen LogP contribution in [0.2, 0.25) is 18.1 Å². The van der Waals surface area contributed by atoms with Crippen molar-refractivity contribution < 1.29 is 21.5 Å². The quantitative estimate of drug-likeness (QED) is 0.504. The summed E-state index contributed by atoms with van der Waals surface area (Å²) in [6.45, 7) is 13.2. The predicted molar refractivity (Wildman–Crippen MR) is 103 cm³/mol. The molecule has 0 aliphatic heterocycles. The van der Waals surface area contributed by atoms with Crippen LogP contribution in [0.4, 0.5) is 0 Å². The van der Waals surface area contributed by atoms with Crippen LogP contribution in [-0.2, 0) is 34.6 Å². The molecule has 0 aliphatic carbocycles. The molecule has 0 aliphatic rings. The minimum atomic E-state index is -1.56. The molecule has 0 saturated heterocycles. The Bertz CT molecular complexity index is 524. The molecule has 0 spiro atoms. The molecular weight excluding hydrogens is 354 g/mol. The van der Waals surface area contributed by atoms with Crippen LogP contribution in [0, 0.1) is 0 Å². The van der Waals surface area contributed by atoms with Crippen molar-refractivity contribution in [3.8, 4) is 0 Å². The van der Waals surface area contributed by atoms with E-state index in [4.69, 9.17) is 4.43 Å². The third-order valence-electron chi connectivity index (χ3n) is 4.37. The first-order valence-corrected chi connectivity index (χ1v) is 11.2. The molecule has 0 aromatic heterocycles. The first-order valence-electron chi connectivity index (χ1n) is 8.32. The largest absolute Gasteiger partial charge is 2.00 e. The summed E-state index contributed by atoms with van der Waals surface area (Å²) in [7, 11) is 2.59. The number of hydrogen-bond acceptors (Lipinski definition) is 2. The molecule has 2 nitrogen and oxygen atoms in total. The standard InChI is InChI=1S/C12H21OSi.C8H12N.Fe/c1-12(2,3)14(4,5)13-10-11-8-6-7-9-11;1-9(2)7-8-5-3-4-6-8;/h6-9H,10H2,1-5H3;3-6H,7H2,1-2H3;/q2*-1;+2. The second-order valence-electron chi connectivity index (χ2n) is 7.87. The Kier molecular flexibility index (Phi) is 10.1. The second-order valence-corrected chi connectivity index (χ2v) is 12.7. The van der Waals surface area contributed by atoms with Gasteiger partial charge in [-0.25, -0.2) is 18.2 Å². The zero-order chi connectivity index (χ0) is 17.5. The molecule has 24 heavy (non-hydrogen) atoms. The summed E-state index contributed by atoms with van der Waals surface area (Å²) in [5.41, 5.74) is 2.68. The maximum atomic E-state index is 6.08. The molecule has 0 saturated carbocycles. The van der Waals surface area contributed by atoms with Gasteiger partial charge in [0.1, 0.15) is 0 Å². The Labute approximate surface area is 160 Å². The van der Waals surface area contributed by atoms with Crippen molar-refractivity contribution >= 4 is 8.32 Å². The zero-order valence-corrected chi connectivity index (χ0v) is 18.3. The fourth-order valence-electron chi connectivity index (χ4n) is 1.87. The SMILES string of the molecule is CC(C)(C)[Si](C)(C)OCc1ccc[cH-]1.CN(C)Cc1cc[cH-]c1.[Fe+2]. The van der Waals surface area contributed by atoms with E-state index in [0.717, 1.165) is 13.2 Å². The molecule has 0 amide bonds. The van der Waals surface area contributed by atoms with Crippen molar-refractivity contribution in [3.63, 3.8) is 0 Å². The molecule has 0 radical (unpaired) electrons. The van der Waals surface area contributed by atoms with Gasteiger partial charge in [0.2, 0.25) is 0 Å². The summed E-state index contributed by atoms with van der Waals surface area (Å²) in [5.74, 6) is 0. The Balaban J connectivity index is 0.000000460. The number of rotatable bonds is 5. The first-order chi connectivity index (χ1) is 10.6. The topological polar surface area (TPSA) is 12.5 Å². The molecule has 2 aromatic carbocycles. The smallest absolute Gasteiger partial charge is 0.415 e. The minimum Gasteiger partial charge on any atom is -0.415 e. The van der Waals surface area contributed by atoms with Crippen LogP contribution in [0.1, 0.15) is 31.9 Å². The maximum absolute atomic E-state index is 6.08. The van der Waals surface area contributed by atoms with Gasteiger partial charge < -0.3 is 9.33 Å². The second kappa shape index (κ2) is 10.4. The van der Waals surface area contributed by atoms with Crippen LogP contribution >= 0.6 is 0 Å². The van der Waals surface area contributed by atoms with Crippen molar-refractivity contribution in [2.24, 2.45) is 0 Å². The van der Waals surface area contributed by atoms with Gasteiger partial charge in [-0.05, 0) is 38.8 Å². The molecule has 4 heteroatoms. The van der Waals surface area contributed by atoms with Crippen molar-refractivity contribution in [1.29, 1.82) is 0 Å². The Morgan fingerprint density at radius 3 is 2.21 bits per heavy atom. The molecule has 0 heterocycles. The molecule has 0 unspecified atom stereocenters. The molecule has 0 bridgehead atoms. The number of hydrogen-bond donors (Lipinski definition) is 0. The Hall–Kier alpha value is -0.644. The summed E-state index contributed by atoms with van der Waals surface area (Å²) in [5, 5.41) is 0.305. The summed E-state index contributed by atoms with van der Waals surface area (Å²) >= 11 is 0. The normalized spacial score (nSPS) is 11.7. The van der Waals surface area contributed by atoms with Crippen LogP contribution in [0.5, 0.6) is 0 Å². The molecular formula is C20H33FeNOSi. The van der Waals surface area contributed by atoms with Gasteiger partial charge in [-0.2, -0.15) is 35.9 Å². The average Bonchev–Trinajstić information content (AvgIpc) is 3.07. The monoisotopic (exact) mass is 387 g/mol. The van der Waals surface area contributed by atoms with Crippen molar-refractivity contribution in [2.45, 2.75) is 52.1 Å². The third-order valence-corrected chi connectivity index (χ3v) is 8.85. The van der Waals surface area contributed by atoms with E-state index in [9.17, 15) is 0 Å². The first kappa shape index (κ1) is 23.4. The summed E-state index contributed by atoms with van der Waals surface area (Å²) in [6.07, 6.45) is 0. The molecule has 0 fully saturated rings.